The maximum atomic E-state index is 5.32. The number of benzene rings is 1. The minimum Gasteiger partial charge on any atom is -0.408 e. The number of anilines is 1. The smallest absolute Gasteiger partial charge is 0.312 e. The first-order valence-corrected chi connectivity index (χ1v) is 5.35. The number of hydrogen-bond donors (Lipinski definition) is 1. The highest BCUT2D eigenvalue weighted by Crippen LogP contribution is 2.13. The lowest BCUT2D eigenvalue weighted by Crippen LogP contribution is -1.91. The summed E-state index contributed by atoms with van der Waals surface area (Å²) < 4.78 is 6.15. The second kappa shape index (κ2) is 4.44. The highest BCUT2D eigenvalue weighted by Gasteiger charge is 2.03. The molecule has 1 aromatic heterocycles. The molecule has 5 heteroatoms. The summed E-state index contributed by atoms with van der Waals surface area (Å²) in [6, 6.07) is 8.25. The fourth-order valence-corrected chi connectivity index (χ4v) is 1.76. The van der Waals surface area contributed by atoms with Crippen LogP contribution in [0.15, 0.2) is 33.2 Å². The second-order valence-corrected chi connectivity index (χ2v) is 4.08. The summed E-state index contributed by atoms with van der Waals surface area (Å²) in [6.45, 7) is 0. The zero-order chi connectivity index (χ0) is 10.7. The zero-order valence-electron chi connectivity index (χ0n) is 7.98. The van der Waals surface area contributed by atoms with Crippen molar-refractivity contribution in [3.8, 4) is 0 Å². The number of rotatable bonds is 3. The van der Waals surface area contributed by atoms with E-state index in [0.717, 1.165) is 10.9 Å². The molecule has 0 spiro atoms. The van der Waals surface area contributed by atoms with Crippen molar-refractivity contribution in [1.29, 1.82) is 0 Å². The Kier molecular flexibility index (Phi) is 3.01. The lowest BCUT2D eigenvalue weighted by molar-refractivity contribution is 0.509. The molecule has 2 aromatic rings. The summed E-state index contributed by atoms with van der Waals surface area (Å²) in [5, 5.41) is 7.40. The molecule has 0 aliphatic rings. The fourth-order valence-electron chi connectivity index (χ4n) is 1.31. The van der Waals surface area contributed by atoms with E-state index in [-0.39, 0.29) is 6.01 Å². The van der Waals surface area contributed by atoms with Crippen LogP contribution in [0, 0.1) is 0 Å². The van der Waals surface area contributed by atoms with Gasteiger partial charge in [-0.1, -0.05) is 33.2 Å². The summed E-state index contributed by atoms with van der Waals surface area (Å²) >= 11 is 3.42. The van der Waals surface area contributed by atoms with E-state index in [1.165, 1.54) is 5.56 Å². The van der Waals surface area contributed by atoms with Crippen molar-refractivity contribution >= 4 is 21.9 Å². The molecule has 78 valence electrons. The van der Waals surface area contributed by atoms with Crippen LogP contribution in [0.2, 0.25) is 0 Å². The molecule has 4 nitrogen and oxygen atoms in total. The predicted octanol–water partition coefficient (Wildman–Crippen LogP) is 2.20. The number of nitrogens with two attached hydrogens (primary N) is 1. The van der Waals surface area contributed by atoms with Gasteiger partial charge in [0, 0.05) is 10.9 Å². The highest BCUT2D eigenvalue weighted by molar-refractivity contribution is 9.10. The standard InChI is InChI=1S/C10H10BrN3O/c11-8-3-1-2-7(6-8)4-5-9-13-14-10(12)15-9/h1-3,6H,4-5H2,(H2,12,14). The molecule has 0 aliphatic heterocycles. The second-order valence-electron chi connectivity index (χ2n) is 3.16. The Morgan fingerprint density at radius 1 is 1.27 bits per heavy atom. The molecular formula is C10H10BrN3O. The first kappa shape index (κ1) is 10.2. The van der Waals surface area contributed by atoms with Crippen LogP contribution in [-0.2, 0) is 12.8 Å². The molecule has 15 heavy (non-hydrogen) atoms. The zero-order valence-corrected chi connectivity index (χ0v) is 9.57. The molecule has 2 N–H and O–H groups in total. The molecule has 2 rings (SSSR count). The van der Waals surface area contributed by atoms with Crippen LogP contribution in [-0.4, -0.2) is 10.2 Å². The van der Waals surface area contributed by atoms with Crippen molar-refractivity contribution in [1.82, 2.24) is 10.2 Å². The molecular weight excluding hydrogens is 258 g/mol. The van der Waals surface area contributed by atoms with Gasteiger partial charge in [0.15, 0.2) is 0 Å². The summed E-state index contributed by atoms with van der Waals surface area (Å²) in [5.74, 6) is 0.576. The lowest BCUT2D eigenvalue weighted by Gasteiger charge is -1.98. The van der Waals surface area contributed by atoms with Gasteiger partial charge >= 0.3 is 6.01 Å². The van der Waals surface area contributed by atoms with Crippen LogP contribution in [0.1, 0.15) is 11.5 Å². The Hall–Kier alpha value is -1.36. The Morgan fingerprint density at radius 3 is 2.80 bits per heavy atom. The summed E-state index contributed by atoms with van der Waals surface area (Å²) in [6.07, 6.45) is 1.57. The van der Waals surface area contributed by atoms with Gasteiger partial charge in [-0.2, -0.15) is 0 Å². The summed E-state index contributed by atoms with van der Waals surface area (Å²) in [7, 11) is 0. The van der Waals surface area contributed by atoms with E-state index in [1.54, 1.807) is 0 Å². The quantitative estimate of drug-likeness (QED) is 0.926. The van der Waals surface area contributed by atoms with Gasteiger partial charge in [0.2, 0.25) is 5.89 Å². The molecule has 0 amide bonds. The molecule has 0 bridgehead atoms. The number of hydrogen-bond acceptors (Lipinski definition) is 4. The topological polar surface area (TPSA) is 64.9 Å². The summed E-state index contributed by atoms with van der Waals surface area (Å²) in [5.41, 5.74) is 6.55. The third-order valence-corrected chi connectivity index (χ3v) is 2.49. The van der Waals surface area contributed by atoms with Gasteiger partial charge in [-0.15, -0.1) is 5.10 Å². The van der Waals surface area contributed by atoms with Crippen LogP contribution >= 0.6 is 15.9 Å². The van der Waals surface area contributed by atoms with E-state index in [4.69, 9.17) is 10.2 Å². The normalized spacial score (nSPS) is 10.5. The van der Waals surface area contributed by atoms with Gasteiger partial charge in [-0.05, 0) is 24.1 Å². The monoisotopic (exact) mass is 267 g/mol. The molecule has 0 saturated carbocycles. The minimum absolute atomic E-state index is 0.124. The van der Waals surface area contributed by atoms with Crippen LogP contribution in [0.3, 0.4) is 0 Å². The van der Waals surface area contributed by atoms with Gasteiger partial charge in [0.1, 0.15) is 0 Å². The number of aryl methyl sites for hydroxylation is 2. The molecule has 0 radical (unpaired) electrons. The average molecular weight is 268 g/mol. The SMILES string of the molecule is Nc1nnc(CCc2cccc(Br)c2)o1. The number of halogens is 1. The molecule has 0 saturated heterocycles. The third-order valence-electron chi connectivity index (χ3n) is 2.00. The van der Waals surface area contributed by atoms with Crippen molar-refractivity contribution in [3.63, 3.8) is 0 Å². The molecule has 0 aliphatic carbocycles. The van der Waals surface area contributed by atoms with Crippen molar-refractivity contribution in [3.05, 3.63) is 40.2 Å². The number of nitrogens with zero attached hydrogens (tertiary/aromatic N) is 2. The van der Waals surface area contributed by atoms with Crippen molar-refractivity contribution in [2.24, 2.45) is 0 Å². The Balaban J connectivity index is 1.99. The largest absolute Gasteiger partial charge is 0.408 e. The van der Waals surface area contributed by atoms with Crippen molar-refractivity contribution in [2.75, 3.05) is 5.73 Å². The summed E-state index contributed by atoms with van der Waals surface area (Å²) in [4.78, 5) is 0. The van der Waals surface area contributed by atoms with Gasteiger partial charge < -0.3 is 10.2 Å². The third kappa shape index (κ3) is 2.79. The predicted molar refractivity (Wildman–Crippen MR) is 60.3 cm³/mol. The van der Waals surface area contributed by atoms with Gasteiger partial charge in [-0.3, -0.25) is 0 Å². The van der Waals surface area contributed by atoms with Gasteiger partial charge in [0.05, 0.1) is 0 Å². The average Bonchev–Trinajstić information content (AvgIpc) is 2.62. The molecule has 1 heterocycles. The first-order valence-electron chi connectivity index (χ1n) is 4.56. The Labute approximate surface area is 95.6 Å². The van der Waals surface area contributed by atoms with Crippen LogP contribution in [0.4, 0.5) is 6.01 Å². The van der Waals surface area contributed by atoms with Gasteiger partial charge in [0.25, 0.3) is 0 Å². The lowest BCUT2D eigenvalue weighted by atomic mass is 10.1. The van der Waals surface area contributed by atoms with E-state index in [9.17, 15) is 0 Å². The maximum absolute atomic E-state index is 5.32. The maximum Gasteiger partial charge on any atom is 0.312 e. The Morgan fingerprint density at radius 2 is 2.13 bits per heavy atom. The highest BCUT2D eigenvalue weighted by atomic mass is 79.9. The molecule has 0 unspecified atom stereocenters. The Bertz CT molecular complexity index is 455. The number of nitrogen functional groups attached to an aromatic ring is 1. The van der Waals surface area contributed by atoms with Crippen molar-refractivity contribution in [2.45, 2.75) is 12.8 Å². The molecule has 0 atom stereocenters. The van der Waals surface area contributed by atoms with Crippen molar-refractivity contribution < 1.29 is 4.42 Å². The van der Waals surface area contributed by atoms with E-state index >= 15 is 0 Å². The minimum atomic E-state index is 0.124. The van der Waals surface area contributed by atoms with Crippen LogP contribution in [0.25, 0.3) is 0 Å². The number of aromatic nitrogens is 2. The van der Waals surface area contributed by atoms with Crippen LogP contribution < -0.4 is 5.73 Å². The first-order chi connectivity index (χ1) is 7.24. The fraction of sp³-hybridized carbons (Fsp3) is 0.200. The van der Waals surface area contributed by atoms with E-state index in [0.29, 0.717) is 12.3 Å². The van der Waals surface area contributed by atoms with Gasteiger partial charge in [-0.25, -0.2) is 0 Å². The van der Waals surface area contributed by atoms with E-state index < -0.39 is 0 Å². The van der Waals surface area contributed by atoms with Crippen LogP contribution in [0.5, 0.6) is 0 Å². The van der Waals surface area contributed by atoms with E-state index in [1.807, 2.05) is 12.1 Å². The molecule has 0 fully saturated rings. The van der Waals surface area contributed by atoms with E-state index in [2.05, 4.69) is 38.3 Å². The molecule has 1 aromatic carbocycles.